The summed E-state index contributed by atoms with van der Waals surface area (Å²) < 4.78 is 0. The molecule has 0 bridgehead atoms. The highest BCUT2D eigenvalue weighted by Gasteiger charge is 2.20. The van der Waals surface area contributed by atoms with Crippen LogP contribution in [-0.4, -0.2) is 55.7 Å². The van der Waals surface area contributed by atoms with Gasteiger partial charge in [0, 0.05) is 52.5 Å². The number of aromatic nitrogens is 1. The third-order valence-corrected chi connectivity index (χ3v) is 4.14. The van der Waals surface area contributed by atoms with Gasteiger partial charge in [-0.3, -0.25) is 4.90 Å². The van der Waals surface area contributed by atoms with Gasteiger partial charge < -0.3 is 15.5 Å². The van der Waals surface area contributed by atoms with Crippen molar-refractivity contribution in [3.63, 3.8) is 0 Å². The first-order chi connectivity index (χ1) is 11.4. The van der Waals surface area contributed by atoms with Crippen LogP contribution in [0, 0.1) is 0 Å². The van der Waals surface area contributed by atoms with Crippen molar-refractivity contribution in [3.05, 3.63) is 36.0 Å². The molecule has 1 aliphatic heterocycles. The molecule has 1 aromatic heterocycles. The van der Waals surface area contributed by atoms with Crippen molar-refractivity contribution in [1.82, 2.24) is 20.5 Å². The molecule has 0 saturated carbocycles. The third kappa shape index (κ3) is 5.85. The van der Waals surface area contributed by atoms with Gasteiger partial charge >= 0.3 is 6.03 Å². The van der Waals surface area contributed by atoms with Crippen LogP contribution in [0.1, 0.15) is 25.3 Å². The molecule has 2 amide bonds. The Bertz CT molecular complexity index is 547. The number of nitrogens with one attached hydrogen (secondary N) is 2. The van der Waals surface area contributed by atoms with E-state index >= 15 is 0 Å². The van der Waals surface area contributed by atoms with Crippen molar-refractivity contribution in [2.75, 3.05) is 38.6 Å². The van der Waals surface area contributed by atoms with E-state index in [1.807, 2.05) is 31.1 Å². The average Bonchev–Trinajstić information content (AvgIpc) is 2.54. The molecule has 6 heteroatoms. The Labute approximate surface area is 144 Å². The zero-order chi connectivity index (χ0) is 17.5. The highest BCUT2D eigenvalue weighted by atomic mass is 16.2. The van der Waals surface area contributed by atoms with Crippen molar-refractivity contribution in [2.24, 2.45) is 0 Å². The second-order valence-electron chi connectivity index (χ2n) is 6.75. The molecule has 132 valence electrons. The number of hydrogen-bond acceptors (Lipinski definition) is 4. The van der Waals surface area contributed by atoms with Gasteiger partial charge in [0.25, 0.3) is 0 Å². The monoisotopic (exact) mass is 331 g/mol. The molecule has 1 aromatic rings. The van der Waals surface area contributed by atoms with E-state index in [0.29, 0.717) is 6.54 Å². The maximum absolute atomic E-state index is 12.0. The van der Waals surface area contributed by atoms with Crippen LogP contribution >= 0.6 is 0 Å². The van der Waals surface area contributed by atoms with Gasteiger partial charge in [-0.05, 0) is 31.4 Å². The number of hydrogen-bond donors (Lipinski definition) is 2. The van der Waals surface area contributed by atoms with E-state index in [2.05, 4.69) is 34.0 Å². The minimum Gasteiger partial charge on any atom is -0.363 e. The lowest BCUT2D eigenvalue weighted by molar-refractivity contribution is 0.201. The molecule has 0 aliphatic carbocycles. The van der Waals surface area contributed by atoms with Crippen molar-refractivity contribution < 1.29 is 4.79 Å². The molecular weight excluding hydrogens is 302 g/mol. The zero-order valence-corrected chi connectivity index (χ0v) is 15.0. The molecule has 2 heterocycles. The highest BCUT2D eigenvalue weighted by Crippen LogP contribution is 2.11. The minimum atomic E-state index is -0.106. The molecule has 1 saturated heterocycles. The summed E-state index contributed by atoms with van der Waals surface area (Å²) in [6, 6.07) is 4.08. The lowest BCUT2D eigenvalue weighted by Crippen LogP contribution is -2.47. The molecule has 0 aromatic carbocycles. The van der Waals surface area contributed by atoms with E-state index in [9.17, 15) is 4.79 Å². The van der Waals surface area contributed by atoms with E-state index in [-0.39, 0.29) is 12.1 Å². The standard InChI is InChI=1S/C18H29N5O/c1-14(2)13-23-9-7-16(8-10-23)21-18(24)20-12-15-5-6-17(19-11-15)22(3)4/h5-6,11,16H,1,7-10,12-13H2,2-4H3,(H2,20,21,24). The van der Waals surface area contributed by atoms with Crippen LogP contribution in [0.2, 0.25) is 0 Å². The number of urea groups is 1. The molecule has 0 radical (unpaired) electrons. The number of carbonyl (C=O) groups excluding carboxylic acids is 1. The van der Waals surface area contributed by atoms with Crippen molar-refractivity contribution in [1.29, 1.82) is 0 Å². The average molecular weight is 331 g/mol. The summed E-state index contributed by atoms with van der Waals surface area (Å²) in [5, 5.41) is 5.97. The maximum Gasteiger partial charge on any atom is 0.315 e. The smallest absolute Gasteiger partial charge is 0.315 e. The molecule has 1 fully saturated rings. The fraction of sp³-hybridized carbons (Fsp3) is 0.556. The van der Waals surface area contributed by atoms with Gasteiger partial charge in [-0.2, -0.15) is 0 Å². The summed E-state index contributed by atoms with van der Waals surface area (Å²) in [4.78, 5) is 20.7. The molecular formula is C18H29N5O. The number of piperidine rings is 1. The summed E-state index contributed by atoms with van der Waals surface area (Å²) in [5.41, 5.74) is 2.18. The number of pyridine rings is 1. The summed E-state index contributed by atoms with van der Waals surface area (Å²) in [6.07, 6.45) is 3.77. The summed E-state index contributed by atoms with van der Waals surface area (Å²) in [5.74, 6) is 0.907. The molecule has 0 spiro atoms. The Morgan fingerprint density at radius 1 is 1.38 bits per heavy atom. The lowest BCUT2D eigenvalue weighted by atomic mass is 10.0. The molecule has 2 rings (SSSR count). The van der Waals surface area contributed by atoms with E-state index < -0.39 is 0 Å². The van der Waals surface area contributed by atoms with Gasteiger partial charge in [0.05, 0.1) is 0 Å². The molecule has 0 unspecified atom stereocenters. The van der Waals surface area contributed by atoms with Gasteiger partial charge in [-0.1, -0.05) is 18.2 Å². The Kier molecular flexibility index (Phi) is 6.61. The SMILES string of the molecule is C=C(C)CN1CCC(NC(=O)NCc2ccc(N(C)C)nc2)CC1. The topological polar surface area (TPSA) is 60.5 Å². The van der Waals surface area contributed by atoms with E-state index in [1.54, 1.807) is 6.20 Å². The summed E-state index contributed by atoms with van der Waals surface area (Å²) in [7, 11) is 3.91. The second kappa shape index (κ2) is 8.68. The fourth-order valence-corrected chi connectivity index (χ4v) is 2.82. The number of carbonyl (C=O) groups is 1. The normalized spacial score (nSPS) is 15.8. The first-order valence-corrected chi connectivity index (χ1v) is 8.47. The number of nitrogens with zero attached hydrogens (tertiary/aromatic N) is 3. The predicted molar refractivity (Wildman–Crippen MR) is 98.2 cm³/mol. The van der Waals surface area contributed by atoms with Crippen LogP contribution in [0.15, 0.2) is 30.5 Å². The molecule has 6 nitrogen and oxygen atoms in total. The van der Waals surface area contributed by atoms with Crippen LogP contribution in [0.5, 0.6) is 0 Å². The van der Waals surface area contributed by atoms with Gasteiger partial charge in [-0.25, -0.2) is 9.78 Å². The Hall–Kier alpha value is -2.08. The van der Waals surface area contributed by atoms with Crippen LogP contribution < -0.4 is 15.5 Å². The number of anilines is 1. The largest absolute Gasteiger partial charge is 0.363 e. The fourth-order valence-electron chi connectivity index (χ4n) is 2.82. The van der Waals surface area contributed by atoms with E-state index in [0.717, 1.165) is 43.9 Å². The quantitative estimate of drug-likeness (QED) is 0.783. The van der Waals surface area contributed by atoms with Crippen LogP contribution in [-0.2, 0) is 6.54 Å². The molecule has 24 heavy (non-hydrogen) atoms. The lowest BCUT2D eigenvalue weighted by Gasteiger charge is -2.32. The van der Waals surface area contributed by atoms with Gasteiger partial charge in [0.2, 0.25) is 0 Å². The van der Waals surface area contributed by atoms with Gasteiger partial charge in [0.1, 0.15) is 5.82 Å². The van der Waals surface area contributed by atoms with Gasteiger partial charge in [0.15, 0.2) is 0 Å². The highest BCUT2D eigenvalue weighted by molar-refractivity contribution is 5.74. The van der Waals surface area contributed by atoms with Crippen molar-refractivity contribution in [3.8, 4) is 0 Å². The van der Waals surface area contributed by atoms with Crippen LogP contribution in [0.3, 0.4) is 0 Å². The first kappa shape index (κ1) is 18.3. The summed E-state index contributed by atoms with van der Waals surface area (Å²) in [6.45, 7) is 9.46. The number of rotatable bonds is 6. The summed E-state index contributed by atoms with van der Waals surface area (Å²) >= 11 is 0. The molecule has 2 N–H and O–H groups in total. The predicted octanol–water partition coefficient (Wildman–Crippen LogP) is 1.99. The van der Waals surface area contributed by atoms with E-state index in [4.69, 9.17) is 0 Å². The Balaban J connectivity index is 1.69. The Morgan fingerprint density at radius 2 is 2.08 bits per heavy atom. The second-order valence-corrected chi connectivity index (χ2v) is 6.75. The first-order valence-electron chi connectivity index (χ1n) is 8.47. The Morgan fingerprint density at radius 3 is 2.62 bits per heavy atom. The molecule has 1 aliphatic rings. The minimum absolute atomic E-state index is 0.106. The molecule has 0 atom stereocenters. The van der Waals surface area contributed by atoms with Crippen molar-refractivity contribution >= 4 is 11.8 Å². The third-order valence-electron chi connectivity index (χ3n) is 4.14. The van der Waals surface area contributed by atoms with Crippen LogP contribution in [0.25, 0.3) is 0 Å². The van der Waals surface area contributed by atoms with Crippen LogP contribution in [0.4, 0.5) is 10.6 Å². The number of amides is 2. The van der Waals surface area contributed by atoms with Crippen molar-refractivity contribution in [2.45, 2.75) is 32.4 Å². The van der Waals surface area contributed by atoms with Gasteiger partial charge in [-0.15, -0.1) is 0 Å². The zero-order valence-electron chi connectivity index (χ0n) is 15.0. The maximum atomic E-state index is 12.0. The van der Waals surface area contributed by atoms with E-state index in [1.165, 1.54) is 5.57 Å². The number of likely N-dealkylation sites (tertiary alicyclic amines) is 1.